The first-order valence-electron chi connectivity index (χ1n) is 7.57. The number of furan rings is 1. The highest BCUT2D eigenvalue weighted by atomic mass is 35.5. The largest absolute Gasteiger partial charge is 0.451 e. The van der Waals surface area contributed by atoms with E-state index in [4.69, 9.17) is 8.94 Å². The molecule has 1 aromatic carbocycles. The van der Waals surface area contributed by atoms with E-state index in [0.717, 1.165) is 30.6 Å². The first kappa shape index (κ1) is 16.9. The standard InChI is InChI=1S/C16H17FN4O2.ClH/c1-9-11-7-10(17)3-4-13(11)22-14(9)16-19-15(20-23-16)12-8-18-5-6-21(12)2;/h3-4,7,12,18H,5-6,8H2,1-2H3;1H. The van der Waals surface area contributed by atoms with E-state index in [1.54, 1.807) is 6.07 Å². The van der Waals surface area contributed by atoms with Gasteiger partial charge in [0, 0.05) is 30.6 Å². The SMILES string of the molecule is Cc1c(-c2nc(C3CNCCN3C)no2)oc2ccc(F)cc12.Cl. The van der Waals surface area contributed by atoms with Gasteiger partial charge in [0.05, 0.1) is 6.04 Å². The maximum absolute atomic E-state index is 13.4. The molecule has 128 valence electrons. The molecule has 1 atom stereocenters. The van der Waals surface area contributed by atoms with E-state index in [9.17, 15) is 4.39 Å². The minimum Gasteiger partial charge on any atom is -0.451 e. The topological polar surface area (TPSA) is 67.3 Å². The van der Waals surface area contributed by atoms with Crippen LogP contribution in [0, 0.1) is 12.7 Å². The van der Waals surface area contributed by atoms with Crippen molar-refractivity contribution in [2.75, 3.05) is 26.7 Å². The van der Waals surface area contributed by atoms with Crippen LogP contribution in [0.5, 0.6) is 0 Å². The number of rotatable bonds is 2. The molecule has 8 heteroatoms. The second kappa shape index (κ2) is 6.51. The zero-order chi connectivity index (χ0) is 16.0. The number of nitrogens with one attached hydrogen (secondary N) is 1. The Balaban J connectivity index is 0.00000169. The average molecular weight is 353 g/mol. The molecule has 0 amide bonds. The molecule has 1 fully saturated rings. The number of fused-ring (bicyclic) bond motifs is 1. The molecule has 6 nitrogen and oxygen atoms in total. The first-order valence-corrected chi connectivity index (χ1v) is 7.57. The maximum atomic E-state index is 13.4. The number of piperazine rings is 1. The summed E-state index contributed by atoms with van der Waals surface area (Å²) in [6, 6.07) is 4.51. The number of benzene rings is 1. The number of likely N-dealkylation sites (N-methyl/N-ethyl adjacent to an activating group) is 1. The van der Waals surface area contributed by atoms with Crippen LogP contribution in [0.15, 0.2) is 27.1 Å². The lowest BCUT2D eigenvalue weighted by Crippen LogP contribution is -2.44. The van der Waals surface area contributed by atoms with Crippen LogP contribution in [-0.4, -0.2) is 41.7 Å². The number of nitrogens with zero attached hydrogens (tertiary/aromatic N) is 3. The Hall–Kier alpha value is -1.96. The van der Waals surface area contributed by atoms with Crippen molar-refractivity contribution < 1.29 is 13.3 Å². The summed E-state index contributed by atoms with van der Waals surface area (Å²) in [7, 11) is 2.04. The van der Waals surface area contributed by atoms with Gasteiger partial charge in [0.2, 0.25) is 0 Å². The first-order chi connectivity index (χ1) is 11.1. The van der Waals surface area contributed by atoms with Gasteiger partial charge in [-0.15, -0.1) is 12.4 Å². The van der Waals surface area contributed by atoms with Crippen molar-refractivity contribution in [1.29, 1.82) is 0 Å². The van der Waals surface area contributed by atoms with Crippen molar-refractivity contribution in [3.8, 4) is 11.7 Å². The van der Waals surface area contributed by atoms with E-state index in [2.05, 4.69) is 20.4 Å². The molecular formula is C16H18ClFN4O2. The van der Waals surface area contributed by atoms with Crippen molar-refractivity contribution >= 4 is 23.4 Å². The van der Waals surface area contributed by atoms with E-state index in [1.807, 2.05) is 14.0 Å². The highest BCUT2D eigenvalue weighted by Crippen LogP contribution is 2.33. The number of aromatic nitrogens is 2. The van der Waals surface area contributed by atoms with Crippen LogP contribution >= 0.6 is 12.4 Å². The molecular weight excluding hydrogens is 335 g/mol. The van der Waals surface area contributed by atoms with Gasteiger partial charge >= 0.3 is 0 Å². The van der Waals surface area contributed by atoms with Crippen LogP contribution in [0.3, 0.4) is 0 Å². The summed E-state index contributed by atoms with van der Waals surface area (Å²) in [5, 5.41) is 8.14. The summed E-state index contributed by atoms with van der Waals surface area (Å²) in [5.41, 5.74) is 1.40. The van der Waals surface area contributed by atoms with Gasteiger partial charge < -0.3 is 14.3 Å². The second-order valence-corrected chi connectivity index (χ2v) is 5.85. The van der Waals surface area contributed by atoms with Crippen molar-refractivity contribution in [2.24, 2.45) is 0 Å². The Morgan fingerprint density at radius 1 is 1.38 bits per heavy atom. The number of hydrogen-bond donors (Lipinski definition) is 1. The predicted molar refractivity (Wildman–Crippen MR) is 89.7 cm³/mol. The molecule has 1 saturated heterocycles. The van der Waals surface area contributed by atoms with Gasteiger partial charge in [-0.3, -0.25) is 4.90 Å². The molecule has 3 heterocycles. The summed E-state index contributed by atoms with van der Waals surface area (Å²) < 4.78 is 24.6. The van der Waals surface area contributed by atoms with Crippen molar-refractivity contribution in [3.05, 3.63) is 35.4 Å². The van der Waals surface area contributed by atoms with Gasteiger partial charge in [0.15, 0.2) is 11.6 Å². The lowest BCUT2D eigenvalue weighted by Gasteiger charge is -2.30. The molecule has 24 heavy (non-hydrogen) atoms. The summed E-state index contributed by atoms with van der Waals surface area (Å²) >= 11 is 0. The van der Waals surface area contributed by atoms with Crippen molar-refractivity contribution in [2.45, 2.75) is 13.0 Å². The fraction of sp³-hybridized carbons (Fsp3) is 0.375. The van der Waals surface area contributed by atoms with Crippen LogP contribution in [-0.2, 0) is 0 Å². The minimum absolute atomic E-state index is 0. The van der Waals surface area contributed by atoms with E-state index in [1.165, 1.54) is 12.1 Å². The molecule has 1 unspecified atom stereocenters. The lowest BCUT2D eigenvalue weighted by atomic mass is 10.1. The molecule has 0 saturated carbocycles. The Bertz CT molecular complexity index is 863. The molecule has 3 aromatic rings. The summed E-state index contributed by atoms with van der Waals surface area (Å²) in [6.45, 7) is 4.52. The van der Waals surface area contributed by atoms with Crippen LogP contribution in [0.4, 0.5) is 4.39 Å². The molecule has 1 aliphatic heterocycles. The van der Waals surface area contributed by atoms with Gasteiger partial charge in [-0.2, -0.15) is 4.98 Å². The Morgan fingerprint density at radius 3 is 3.00 bits per heavy atom. The van der Waals surface area contributed by atoms with Crippen molar-refractivity contribution in [1.82, 2.24) is 20.4 Å². The smallest absolute Gasteiger partial charge is 0.294 e. The van der Waals surface area contributed by atoms with Crippen LogP contribution < -0.4 is 5.32 Å². The zero-order valence-electron chi connectivity index (χ0n) is 13.4. The van der Waals surface area contributed by atoms with Gasteiger partial charge in [-0.1, -0.05) is 5.16 Å². The third-order valence-corrected chi connectivity index (χ3v) is 4.34. The van der Waals surface area contributed by atoms with Gasteiger partial charge in [-0.05, 0) is 32.2 Å². The van der Waals surface area contributed by atoms with E-state index < -0.39 is 0 Å². The maximum Gasteiger partial charge on any atom is 0.294 e. The number of aryl methyl sites for hydroxylation is 1. The molecule has 1 N–H and O–H groups in total. The molecule has 0 bridgehead atoms. The fourth-order valence-corrected chi connectivity index (χ4v) is 2.95. The second-order valence-electron chi connectivity index (χ2n) is 5.85. The highest BCUT2D eigenvalue weighted by molar-refractivity contribution is 5.86. The van der Waals surface area contributed by atoms with Gasteiger partial charge in [0.25, 0.3) is 5.89 Å². The molecule has 4 rings (SSSR count). The molecule has 0 spiro atoms. The third-order valence-electron chi connectivity index (χ3n) is 4.34. The fourth-order valence-electron chi connectivity index (χ4n) is 2.95. The molecule has 2 aromatic heterocycles. The summed E-state index contributed by atoms with van der Waals surface area (Å²) in [5.74, 6) is 1.15. The van der Waals surface area contributed by atoms with Crippen LogP contribution in [0.1, 0.15) is 17.4 Å². The number of hydrogen-bond acceptors (Lipinski definition) is 6. The monoisotopic (exact) mass is 352 g/mol. The van der Waals surface area contributed by atoms with E-state index in [0.29, 0.717) is 23.1 Å². The van der Waals surface area contributed by atoms with Crippen LogP contribution in [0.2, 0.25) is 0 Å². The lowest BCUT2D eigenvalue weighted by molar-refractivity contribution is 0.190. The third kappa shape index (κ3) is 2.79. The van der Waals surface area contributed by atoms with Crippen LogP contribution in [0.25, 0.3) is 22.6 Å². The van der Waals surface area contributed by atoms with Gasteiger partial charge in [-0.25, -0.2) is 4.39 Å². The average Bonchev–Trinajstić information content (AvgIpc) is 3.13. The summed E-state index contributed by atoms with van der Waals surface area (Å²) in [4.78, 5) is 6.67. The highest BCUT2D eigenvalue weighted by Gasteiger charge is 2.27. The minimum atomic E-state index is -0.297. The Labute approximate surface area is 144 Å². The van der Waals surface area contributed by atoms with Crippen molar-refractivity contribution in [3.63, 3.8) is 0 Å². The summed E-state index contributed by atoms with van der Waals surface area (Å²) in [6.07, 6.45) is 0. The normalized spacial score (nSPS) is 18.7. The van der Waals surface area contributed by atoms with Gasteiger partial charge in [0.1, 0.15) is 11.4 Å². The Morgan fingerprint density at radius 2 is 2.21 bits per heavy atom. The Kier molecular flexibility index (Phi) is 4.58. The quantitative estimate of drug-likeness (QED) is 0.765. The zero-order valence-corrected chi connectivity index (χ0v) is 14.2. The van der Waals surface area contributed by atoms with E-state index >= 15 is 0 Å². The molecule has 1 aliphatic rings. The number of halogens is 2. The molecule has 0 aliphatic carbocycles. The van der Waals surface area contributed by atoms with E-state index in [-0.39, 0.29) is 24.3 Å². The predicted octanol–water partition coefficient (Wildman–Crippen LogP) is 2.93. The molecule has 0 radical (unpaired) electrons.